The van der Waals surface area contributed by atoms with Crippen molar-refractivity contribution in [1.29, 1.82) is 0 Å². The first-order valence-electron chi connectivity index (χ1n) is 9.00. The lowest BCUT2D eigenvalue weighted by Crippen LogP contribution is -2.30. The molecule has 0 atom stereocenters. The van der Waals surface area contributed by atoms with E-state index in [-0.39, 0.29) is 12.7 Å². The molecule has 0 radical (unpaired) electrons. The molecule has 1 aromatic heterocycles. The lowest BCUT2D eigenvalue weighted by molar-refractivity contribution is 0.0752. The Labute approximate surface area is 167 Å². The lowest BCUT2D eigenvalue weighted by Gasteiger charge is -2.21. The molecule has 1 aliphatic heterocycles. The Morgan fingerprint density at radius 2 is 2.00 bits per heavy atom. The van der Waals surface area contributed by atoms with Gasteiger partial charge >= 0.3 is 0 Å². The number of hydrogen-bond donors (Lipinski definition) is 0. The van der Waals surface area contributed by atoms with Gasteiger partial charge in [0.05, 0.1) is 11.2 Å². The van der Waals surface area contributed by atoms with Crippen molar-refractivity contribution in [2.24, 2.45) is 0 Å². The molecule has 0 fully saturated rings. The van der Waals surface area contributed by atoms with Crippen molar-refractivity contribution in [1.82, 2.24) is 9.88 Å². The fourth-order valence-corrected chi connectivity index (χ4v) is 3.47. The number of nitrogens with zero attached hydrogens (tertiary/aromatic N) is 2. The van der Waals surface area contributed by atoms with Gasteiger partial charge in [0.15, 0.2) is 11.5 Å². The standard InChI is InChI=1S/C21H20N2O4S/c1-2-23(10-15-3-8-19-20(9-15)27-14-26-19)21(24)16-4-6-18(7-5-16)25-11-17-12-28-13-22-17/h3-9,12-13H,2,10-11,14H2,1H3. The van der Waals surface area contributed by atoms with E-state index < -0.39 is 0 Å². The average molecular weight is 396 g/mol. The van der Waals surface area contributed by atoms with Crippen LogP contribution in [0.3, 0.4) is 0 Å². The number of thiazole rings is 1. The van der Waals surface area contributed by atoms with Crippen molar-refractivity contribution in [3.05, 3.63) is 70.2 Å². The second kappa shape index (κ2) is 8.31. The van der Waals surface area contributed by atoms with Gasteiger partial charge in [-0.3, -0.25) is 4.79 Å². The number of fused-ring (bicyclic) bond motifs is 1. The summed E-state index contributed by atoms with van der Waals surface area (Å²) in [5.74, 6) is 2.16. The minimum absolute atomic E-state index is 0.0220. The van der Waals surface area contributed by atoms with E-state index in [9.17, 15) is 4.79 Å². The predicted molar refractivity (Wildman–Crippen MR) is 106 cm³/mol. The Kier molecular flexibility index (Phi) is 5.43. The second-order valence-corrected chi connectivity index (χ2v) is 7.02. The highest BCUT2D eigenvalue weighted by Gasteiger charge is 2.18. The van der Waals surface area contributed by atoms with Crippen LogP contribution in [0.5, 0.6) is 17.2 Å². The molecule has 7 heteroatoms. The van der Waals surface area contributed by atoms with Gasteiger partial charge in [-0.2, -0.15) is 0 Å². The van der Waals surface area contributed by atoms with Crippen molar-refractivity contribution >= 4 is 17.2 Å². The Balaban J connectivity index is 1.40. The van der Waals surface area contributed by atoms with Gasteiger partial charge in [0, 0.05) is 24.0 Å². The van der Waals surface area contributed by atoms with Crippen LogP contribution in [-0.2, 0) is 13.2 Å². The van der Waals surface area contributed by atoms with E-state index >= 15 is 0 Å². The molecular weight excluding hydrogens is 376 g/mol. The van der Waals surface area contributed by atoms with Gasteiger partial charge in [-0.05, 0) is 48.9 Å². The maximum atomic E-state index is 12.9. The van der Waals surface area contributed by atoms with Gasteiger partial charge in [0.1, 0.15) is 12.4 Å². The minimum Gasteiger partial charge on any atom is -0.487 e. The fourth-order valence-electron chi connectivity index (χ4n) is 2.93. The third-order valence-electron chi connectivity index (χ3n) is 4.45. The second-order valence-electron chi connectivity index (χ2n) is 6.30. The van der Waals surface area contributed by atoms with Gasteiger partial charge in [0.2, 0.25) is 6.79 Å². The van der Waals surface area contributed by atoms with Crippen molar-refractivity contribution in [2.75, 3.05) is 13.3 Å². The molecule has 6 nitrogen and oxygen atoms in total. The highest BCUT2D eigenvalue weighted by molar-refractivity contribution is 7.07. The molecule has 144 valence electrons. The Morgan fingerprint density at radius 1 is 1.18 bits per heavy atom. The Morgan fingerprint density at radius 3 is 2.75 bits per heavy atom. The number of aromatic nitrogens is 1. The number of benzene rings is 2. The number of hydrogen-bond acceptors (Lipinski definition) is 6. The summed E-state index contributed by atoms with van der Waals surface area (Å²) in [7, 11) is 0. The highest BCUT2D eigenvalue weighted by atomic mass is 32.1. The predicted octanol–water partition coefficient (Wildman–Crippen LogP) is 4.11. The Hall–Kier alpha value is -3.06. The topological polar surface area (TPSA) is 60.9 Å². The molecule has 0 unspecified atom stereocenters. The van der Waals surface area contributed by atoms with Gasteiger partial charge < -0.3 is 19.1 Å². The van der Waals surface area contributed by atoms with Gasteiger partial charge in [0.25, 0.3) is 5.91 Å². The van der Waals surface area contributed by atoms with Gasteiger partial charge in [-0.25, -0.2) is 4.98 Å². The summed E-state index contributed by atoms with van der Waals surface area (Å²) in [6.45, 7) is 3.74. The number of carbonyl (C=O) groups excluding carboxylic acids is 1. The molecule has 0 bridgehead atoms. The zero-order valence-corrected chi connectivity index (χ0v) is 16.3. The molecule has 3 aromatic rings. The van der Waals surface area contributed by atoms with Crippen molar-refractivity contribution in [3.63, 3.8) is 0 Å². The van der Waals surface area contributed by atoms with Crippen molar-refractivity contribution in [2.45, 2.75) is 20.1 Å². The minimum atomic E-state index is -0.0220. The summed E-state index contributed by atoms with van der Waals surface area (Å²) in [4.78, 5) is 18.9. The van der Waals surface area contributed by atoms with Crippen LogP contribution in [0.4, 0.5) is 0 Å². The quantitative estimate of drug-likeness (QED) is 0.601. The van der Waals surface area contributed by atoms with Crippen LogP contribution in [0.1, 0.15) is 28.5 Å². The lowest BCUT2D eigenvalue weighted by atomic mass is 10.1. The molecular formula is C21H20N2O4S. The van der Waals surface area contributed by atoms with E-state index in [1.54, 1.807) is 22.5 Å². The number of amides is 1. The molecule has 0 spiro atoms. The fraction of sp³-hybridized carbons (Fsp3) is 0.238. The van der Waals surface area contributed by atoms with Crippen LogP contribution in [0.25, 0.3) is 0 Å². The van der Waals surface area contributed by atoms with Crippen LogP contribution in [0, 0.1) is 0 Å². The number of rotatable bonds is 7. The van der Waals surface area contributed by atoms with E-state index in [1.165, 1.54) is 11.3 Å². The smallest absolute Gasteiger partial charge is 0.254 e. The van der Waals surface area contributed by atoms with E-state index in [0.29, 0.717) is 31.0 Å². The van der Waals surface area contributed by atoms with Crippen LogP contribution in [-0.4, -0.2) is 29.1 Å². The Bertz CT molecular complexity index is 942. The van der Waals surface area contributed by atoms with E-state index in [1.807, 2.05) is 42.6 Å². The first-order valence-corrected chi connectivity index (χ1v) is 9.95. The first kappa shape index (κ1) is 18.3. The average Bonchev–Trinajstić information content (AvgIpc) is 3.41. The molecule has 1 aliphatic rings. The molecule has 1 amide bonds. The maximum absolute atomic E-state index is 12.9. The van der Waals surface area contributed by atoms with Crippen LogP contribution < -0.4 is 14.2 Å². The molecule has 0 aliphatic carbocycles. The number of carbonyl (C=O) groups is 1. The van der Waals surface area contributed by atoms with Crippen LogP contribution in [0.15, 0.2) is 53.4 Å². The summed E-state index contributed by atoms with van der Waals surface area (Å²) >= 11 is 1.54. The highest BCUT2D eigenvalue weighted by Crippen LogP contribution is 2.33. The normalized spacial score (nSPS) is 12.0. The molecule has 0 saturated carbocycles. The molecule has 4 rings (SSSR count). The van der Waals surface area contributed by atoms with Crippen molar-refractivity contribution < 1.29 is 19.0 Å². The van der Waals surface area contributed by atoms with E-state index in [0.717, 1.165) is 22.8 Å². The monoisotopic (exact) mass is 396 g/mol. The zero-order chi connectivity index (χ0) is 19.3. The van der Waals surface area contributed by atoms with E-state index in [4.69, 9.17) is 14.2 Å². The number of ether oxygens (including phenoxy) is 3. The van der Waals surface area contributed by atoms with E-state index in [2.05, 4.69) is 4.98 Å². The molecule has 0 saturated heterocycles. The largest absolute Gasteiger partial charge is 0.487 e. The third kappa shape index (κ3) is 4.09. The molecule has 0 N–H and O–H groups in total. The summed E-state index contributed by atoms with van der Waals surface area (Å²) in [6, 6.07) is 13.0. The van der Waals surface area contributed by atoms with Gasteiger partial charge in [-0.1, -0.05) is 6.07 Å². The molecule has 2 heterocycles. The first-order chi connectivity index (χ1) is 13.7. The van der Waals surface area contributed by atoms with Crippen LogP contribution >= 0.6 is 11.3 Å². The molecule has 2 aromatic carbocycles. The van der Waals surface area contributed by atoms with Gasteiger partial charge in [-0.15, -0.1) is 11.3 Å². The van der Waals surface area contributed by atoms with Crippen molar-refractivity contribution in [3.8, 4) is 17.2 Å². The maximum Gasteiger partial charge on any atom is 0.254 e. The summed E-state index contributed by atoms with van der Waals surface area (Å²) in [5.41, 5.74) is 4.30. The summed E-state index contributed by atoms with van der Waals surface area (Å²) < 4.78 is 16.5. The summed E-state index contributed by atoms with van der Waals surface area (Å²) in [6.07, 6.45) is 0. The third-order valence-corrected chi connectivity index (χ3v) is 5.09. The zero-order valence-electron chi connectivity index (χ0n) is 15.5. The van der Waals surface area contributed by atoms with Crippen LogP contribution in [0.2, 0.25) is 0 Å². The molecule has 28 heavy (non-hydrogen) atoms. The summed E-state index contributed by atoms with van der Waals surface area (Å²) in [5, 5.41) is 1.95. The SMILES string of the molecule is CCN(Cc1ccc2c(c1)OCO2)C(=O)c1ccc(OCc2cscn2)cc1.